The van der Waals surface area contributed by atoms with E-state index in [1.165, 1.54) is 24.3 Å². The molecule has 1 saturated carbocycles. The zero-order chi connectivity index (χ0) is 25.0. The number of carbonyl (C=O) groups is 1. The zero-order valence-corrected chi connectivity index (χ0v) is 19.1. The molecule has 2 N–H and O–H groups in total. The van der Waals surface area contributed by atoms with E-state index in [9.17, 15) is 26.4 Å². The fourth-order valence-corrected chi connectivity index (χ4v) is 4.93. The minimum atomic E-state index is -4.68. The molecule has 0 unspecified atom stereocenters. The van der Waals surface area contributed by atoms with E-state index in [0.717, 1.165) is 23.8 Å². The van der Waals surface area contributed by atoms with Crippen molar-refractivity contribution >= 4 is 15.8 Å². The lowest BCUT2D eigenvalue weighted by atomic mass is 9.87. The summed E-state index contributed by atoms with van der Waals surface area (Å²) in [7, 11) is -3.97. The normalized spacial score (nSPS) is 16.2. The number of ketones is 1. The molecule has 0 radical (unpaired) electrons. The average molecular weight is 506 g/mol. The average Bonchev–Trinajstić information content (AvgIpc) is 3.49. The van der Waals surface area contributed by atoms with Gasteiger partial charge in [-0.25, -0.2) is 13.6 Å². The molecule has 0 atom stereocenters. The largest absolute Gasteiger partial charge is 0.454 e. The molecule has 184 valence electrons. The van der Waals surface area contributed by atoms with Gasteiger partial charge in [0.15, 0.2) is 11.5 Å². The number of Topliss-reactive ketones (excluding diaryl/α,β-unsaturated/α-hetero) is 1. The van der Waals surface area contributed by atoms with Gasteiger partial charge in [-0.15, -0.1) is 0 Å². The number of halogens is 3. The third-order valence-electron chi connectivity index (χ3n) is 6.46. The van der Waals surface area contributed by atoms with Crippen LogP contribution in [0.15, 0.2) is 65.6 Å². The molecular weight excluding hydrogens is 483 g/mol. The third-order valence-corrected chi connectivity index (χ3v) is 7.39. The fourth-order valence-electron chi connectivity index (χ4n) is 4.41. The molecule has 1 heterocycles. The smallest absolute Gasteiger partial charge is 0.417 e. The second-order valence-corrected chi connectivity index (χ2v) is 10.3. The lowest BCUT2D eigenvalue weighted by molar-refractivity contribution is -0.137. The summed E-state index contributed by atoms with van der Waals surface area (Å²) in [4.78, 5) is 13.0. The molecule has 3 aromatic rings. The van der Waals surface area contributed by atoms with E-state index in [0.29, 0.717) is 24.3 Å². The van der Waals surface area contributed by atoms with Gasteiger partial charge in [0.1, 0.15) is 5.78 Å². The van der Waals surface area contributed by atoms with Gasteiger partial charge in [-0.3, -0.25) is 4.79 Å². The van der Waals surface area contributed by atoms with Crippen molar-refractivity contribution in [1.29, 1.82) is 0 Å². The molecule has 0 saturated heterocycles. The molecule has 6 nitrogen and oxygen atoms in total. The molecule has 1 aliphatic carbocycles. The minimum absolute atomic E-state index is 0. The Labute approximate surface area is 201 Å². The fraction of sp³-hybridized carbons (Fsp3) is 0.240. The van der Waals surface area contributed by atoms with Gasteiger partial charge in [0.2, 0.25) is 16.8 Å². The van der Waals surface area contributed by atoms with Crippen LogP contribution in [0.3, 0.4) is 0 Å². The molecule has 0 bridgehead atoms. The maximum absolute atomic E-state index is 13.9. The first kappa shape index (κ1) is 23.4. The van der Waals surface area contributed by atoms with E-state index in [4.69, 9.17) is 14.6 Å². The summed E-state index contributed by atoms with van der Waals surface area (Å²) in [5, 5.41) is 5.07. The predicted octanol–water partition coefficient (Wildman–Crippen LogP) is 4.84. The Kier molecular flexibility index (Phi) is 5.41. The Morgan fingerprint density at radius 1 is 0.971 bits per heavy atom. The van der Waals surface area contributed by atoms with Gasteiger partial charge in [0, 0.05) is 7.85 Å². The number of benzene rings is 3. The highest BCUT2D eigenvalue weighted by Crippen LogP contribution is 2.51. The Morgan fingerprint density at radius 2 is 1.66 bits per heavy atom. The molecule has 1 aliphatic heterocycles. The summed E-state index contributed by atoms with van der Waals surface area (Å²) in [5.74, 6) is 0.994. The van der Waals surface area contributed by atoms with Crippen LogP contribution < -0.4 is 14.6 Å². The number of fused-ring (bicyclic) bond motifs is 1. The van der Waals surface area contributed by atoms with Crippen LogP contribution in [0.5, 0.6) is 11.5 Å². The second-order valence-electron chi connectivity index (χ2n) is 8.70. The van der Waals surface area contributed by atoms with Crippen LogP contribution in [0, 0.1) is 0 Å². The van der Waals surface area contributed by atoms with Crippen molar-refractivity contribution in [3.05, 3.63) is 77.4 Å². The van der Waals surface area contributed by atoms with E-state index in [1.54, 1.807) is 18.2 Å². The second kappa shape index (κ2) is 8.10. The summed E-state index contributed by atoms with van der Waals surface area (Å²) in [6.07, 6.45) is -3.60. The molecule has 0 spiro atoms. The van der Waals surface area contributed by atoms with Crippen molar-refractivity contribution < 1.29 is 37.3 Å². The van der Waals surface area contributed by atoms with Crippen molar-refractivity contribution in [2.24, 2.45) is 5.14 Å². The van der Waals surface area contributed by atoms with E-state index in [2.05, 4.69) is 0 Å². The number of ether oxygens (including phenoxy) is 2. The first-order valence-corrected chi connectivity index (χ1v) is 12.3. The highest BCUT2D eigenvalue weighted by Gasteiger charge is 2.51. The number of hydrogen-bond acceptors (Lipinski definition) is 5. The van der Waals surface area contributed by atoms with Crippen LogP contribution in [0.2, 0.25) is 0 Å². The van der Waals surface area contributed by atoms with Crippen molar-refractivity contribution in [3.8, 4) is 22.6 Å². The summed E-state index contributed by atoms with van der Waals surface area (Å²) in [6, 6.07) is 13.9. The molecule has 0 aromatic heterocycles. The molecule has 5 rings (SSSR count). The van der Waals surface area contributed by atoms with Gasteiger partial charge in [-0.05, 0) is 65.4 Å². The molecule has 1 fully saturated rings. The SMILES string of the molecule is NS(=O)(=O)c1ccc(-c2ccc(CC(=O)C3(c4ccc5c(c4)OCO5)CC3)cc2C(F)(F)F)cc1.[HH]. The van der Waals surface area contributed by atoms with E-state index >= 15 is 0 Å². The van der Waals surface area contributed by atoms with E-state index in [1.807, 2.05) is 0 Å². The Bertz CT molecular complexity index is 1440. The van der Waals surface area contributed by atoms with Crippen LogP contribution in [0.25, 0.3) is 11.1 Å². The summed E-state index contributed by atoms with van der Waals surface area (Å²) < 4.78 is 75.4. The van der Waals surface area contributed by atoms with Crippen LogP contribution >= 0.6 is 0 Å². The van der Waals surface area contributed by atoms with Gasteiger partial charge in [-0.2, -0.15) is 13.2 Å². The maximum atomic E-state index is 13.9. The quantitative estimate of drug-likeness (QED) is 0.517. The number of alkyl halides is 3. The van der Waals surface area contributed by atoms with Crippen molar-refractivity contribution in [2.45, 2.75) is 35.7 Å². The first-order valence-electron chi connectivity index (χ1n) is 10.7. The summed E-state index contributed by atoms with van der Waals surface area (Å²) in [6.45, 7) is 0.108. The van der Waals surface area contributed by atoms with Crippen molar-refractivity contribution in [1.82, 2.24) is 0 Å². The number of sulfonamides is 1. The van der Waals surface area contributed by atoms with Gasteiger partial charge in [0.05, 0.1) is 15.9 Å². The van der Waals surface area contributed by atoms with Gasteiger partial charge >= 0.3 is 6.18 Å². The maximum Gasteiger partial charge on any atom is 0.417 e. The molecular formula is C25H22F3NO5S. The van der Waals surface area contributed by atoms with Crippen LogP contribution in [0.4, 0.5) is 13.2 Å². The van der Waals surface area contributed by atoms with Crippen molar-refractivity contribution in [3.63, 3.8) is 0 Å². The topological polar surface area (TPSA) is 95.7 Å². The zero-order valence-electron chi connectivity index (χ0n) is 18.3. The van der Waals surface area contributed by atoms with Gasteiger partial charge in [-0.1, -0.05) is 30.3 Å². The molecule has 2 aliphatic rings. The molecule has 35 heavy (non-hydrogen) atoms. The van der Waals surface area contributed by atoms with E-state index in [-0.39, 0.29) is 42.0 Å². The lowest BCUT2D eigenvalue weighted by Gasteiger charge is -2.18. The third kappa shape index (κ3) is 4.39. The molecule has 3 aromatic carbocycles. The van der Waals surface area contributed by atoms with Gasteiger partial charge in [0.25, 0.3) is 0 Å². The number of nitrogens with two attached hydrogens (primary N) is 1. The Hall–Kier alpha value is -3.37. The molecule has 0 amide bonds. The van der Waals surface area contributed by atoms with Crippen LogP contribution in [-0.2, 0) is 32.8 Å². The number of carbonyl (C=O) groups excluding carboxylic acids is 1. The minimum Gasteiger partial charge on any atom is -0.454 e. The highest BCUT2D eigenvalue weighted by molar-refractivity contribution is 7.89. The summed E-state index contributed by atoms with van der Waals surface area (Å²) in [5.41, 5.74) is -0.553. The van der Waals surface area contributed by atoms with Crippen molar-refractivity contribution in [2.75, 3.05) is 6.79 Å². The summed E-state index contributed by atoms with van der Waals surface area (Å²) >= 11 is 0. The monoisotopic (exact) mass is 505 g/mol. The van der Waals surface area contributed by atoms with Crippen LogP contribution in [-0.4, -0.2) is 21.0 Å². The van der Waals surface area contributed by atoms with E-state index < -0.39 is 27.2 Å². The van der Waals surface area contributed by atoms with Crippen LogP contribution in [0.1, 0.15) is 31.0 Å². The standard InChI is InChI=1S/C25H20F3NO5S.H2/c26-25(27,28)20-11-15(1-7-19(20)16-2-5-18(6-3-16)35(29,31)32)12-23(30)24(9-10-24)17-4-8-21-22(13-17)34-14-33-21;/h1-8,11,13H,9-10,12,14H2,(H2,29,31,32);1H. The first-order chi connectivity index (χ1) is 16.5. The lowest BCUT2D eigenvalue weighted by Crippen LogP contribution is -2.22. The molecule has 10 heteroatoms. The van der Waals surface area contributed by atoms with Gasteiger partial charge < -0.3 is 9.47 Å². The Morgan fingerprint density at radius 3 is 2.29 bits per heavy atom. The number of primary sulfonamides is 1. The number of rotatable bonds is 6. The number of hydrogen-bond donors (Lipinski definition) is 1. The predicted molar refractivity (Wildman–Crippen MR) is 123 cm³/mol. The highest BCUT2D eigenvalue weighted by atomic mass is 32.2. The Balaban J connectivity index is 0.00000304.